The summed E-state index contributed by atoms with van der Waals surface area (Å²) in [6.07, 6.45) is 3.20. The van der Waals surface area contributed by atoms with Gasteiger partial charge in [-0.25, -0.2) is 0 Å². The van der Waals surface area contributed by atoms with E-state index >= 15 is 0 Å². The predicted octanol–water partition coefficient (Wildman–Crippen LogP) is 3.57. The molecule has 0 atom stereocenters. The number of anilines is 1. The first-order chi connectivity index (χ1) is 13.0. The average Bonchev–Trinajstić information content (AvgIpc) is 2.67. The van der Waals surface area contributed by atoms with Gasteiger partial charge in [-0.1, -0.05) is 24.3 Å². The molecular formula is C19H22N2O6. The summed E-state index contributed by atoms with van der Waals surface area (Å²) in [6.45, 7) is 1.69. The molecule has 2 rings (SSSR count). The zero-order valence-electron chi connectivity index (χ0n) is 15.4. The minimum absolute atomic E-state index is 0.132. The summed E-state index contributed by atoms with van der Waals surface area (Å²) < 4.78 is 10.4. The third-order valence-electron chi connectivity index (χ3n) is 3.11. The summed E-state index contributed by atoms with van der Waals surface area (Å²) in [6, 6.07) is 14.8. The van der Waals surface area contributed by atoms with Gasteiger partial charge in [-0.15, -0.1) is 10.1 Å². The van der Waals surface area contributed by atoms with Crippen LogP contribution in [0.15, 0.2) is 54.6 Å². The fourth-order valence-corrected chi connectivity index (χ4v) is 1.94. The molecule has 0 heterocycles. The Balaban J connectivity index is 0.000000527. The van der Waals surface area contributed by atoms with Crippen molar-refractivity contribution in [2.24, 2.45) is 0 Å². The lowest BCUT2D eigenvalue weighted by Crippen LogP contribution is -2.07. The summed E-state index contributed by atoms with van der Waals surface area (Å²) in [5, 5.41) is 11.1. The number of amides is 1. The van der Waals surface area contributed by atoms with Gasteiger partial charge in [-0.05, 0) is 42.8 Å². The summed E-state index contributed by atoms with van der Waals surface area (Å²) >= 11 is 0. The molecule has 0 saturated carbocycles. The van der Waals surface area contributed by atoms with Crippen molar-refractivity contribution in [2.45, 2.75) is 6.92 Å². The maximum absolute atomic E-state index is 11.8. The number of hydrogen-bond acceptors (Lipinski definition) is 6. The zero-order chi connectivity index (χ0) is 20.1. The molecule has 0 bridgehead atoms. The summed E-state index contributed by atoms with van der Waals surface area (Å²) in [5.74, 6) is 1.10. The van der Waals surface area contributed by atoms with E-state index in [0.29, 0.717) is 11.5 Å². The van der Waals surface area contributed by atoms with Gasteiger partial charge in [0.1, 0.15) is 0 Å². The molecule has 2 aromatic carbocycles. The third-order valence-corrected chi connectivity index (χ3v) is 3.11. The average molecular weight is 374 g/mol. The third kappa shape index (κ3) is 8.39. The van der Waals surface area contributed by atoms with Crippen molar-refractivity contribution < 1.29 is 24.2 Å². The van der Waals surface area contributed by atoms with Gasteiger partial charge in [0.15, 0.2) is 11.5 Å². The van der Waals surface area contributed by atoms with E-state index in [1.807, 2.05) is 42.5 Å². The molecule has 2 aromatic rings. The van der Waals surface area contributed by atoms with Crippen molar-refractivity contribution in [3.8, 4) is 11.5 Å². The molecule has 0 saturated heterocycles. The van der Waals surface area contributed by atoms with Crippen LogP contribution in [-0.2, 0) is 9.63 Å². The highest BCUT2D eigenvalue weighted by molar-refractivity contribution is 6.01. The molecule has 0 unspecified atom stereocenters. The van der Waals surface area contributed by atoms with E-state index < -0.39 is 5.09 Å². The van der Waals surface area contributed by atoms with Gasteiger partial charge in [0.2, 0.25) is 5.91 Å². The number of rotatable bonds is 7. The van der Waals surface area contributed by atoms with Crippen LogP contribution in [-0.4, -0.2) is 31.8 Å². The van der Waals surface area contributed by atoms with Crippen LogP contribution in [0.3, 0.4) is 0 Å². The van der Waals surface area contributed by atoms with Crippen LogP contribution in [0.4, 0.5) is 5.69 Å². The Morgan fingerprint density at radius 1 is 1.11 bits per heavy atom. The quantitative estimate of drug-likeness (QED) is 0.452. The number of benzene rings is 2. The second-order valence-corrected chi connectivity index (χ2v) is 4.94. The largest absolute Gasteiger partial charge is 0.493 e. The highest BCUT2D eigenvalue weighted by Gasteiger charge is 2.03. The predicted molar refractivity (Wildman–Crippen MR) is 102 cm³/mol. The Hall–Kier alpha value is -3.55. The van der Waals surface area contributed by atoms with E-state index in [2.05, 4.69) is 10.2 Å². The highest BCUT2D eigenvalue weighted by atomic mass is 16.9. The SMILES string of the molecule is CCO[N+](=O)[O-].COc1ccc(/C=C/C(=O)Nc2ccccc2)cc1OC. The molecular weight excluding hydrogens is 352 g/mol. The lowest BCUT2D eigenvalue weighted by molar-refractivity contribution is -0.756. The first-order valence-corrected chi connectivity index (χ1v) is 8.03. The maximum Gasteiger partial charge on any atom is 0.294 e. The number of carbonyl (C=O) groups excluding carboxylic acids is 1. The standard InChI is InChI=1S/C17H17NO3.C2H5NO3/c1-20-15-10-8-13(12-16(15)21-2)9-11-17(19)18-14-6-4-3-5-7-14;1-2-6-3(4)5/h3-12H,1-2H3,(H,18,19);2H2,1H3/b11-9+;. The second kappa shape index (κ2) is 11.9. The zero-order valence-corrected chi connectivity index (χ0v) is 15.4. The molecule has 0 aliphatic rings. The molecule has 8 heteroatoms. The molecule has 1 N–H and O–H groups in total. The summed E-state index contributed by atoms with van der Waals surface area (Å²) in [7, 11) is 3.16. The first-order valence-electron chi connectivity index (χ1n) is 8.03. The van der Waals surface area contributed by atoms with Crippen LogP contribution in [0.1, 0.15) is 12.5 Å². The number of ether oxygens (including phenoxy) is 2. The first kappa shape index (κ1) is 21.5. The number of methoxy groups -OCH3 is 2. The molecule has 0 spiro atoms. The number of para-hydroxylation sites is 1. The van der Waals surface area contributed by atoms with Crippen LogP contribution < -0.4 is 14.8 Å². The summed E-state index contributed by atoms with van der Waals surface area (Å²) in [4.78, 5) is 24.8. The molecule has 0 aromatic heterocycles. The molecule has 0 fully saturated rings. The van der Waals surface area contributed by atoms with Crippen molar-refractivity contribution in [3.63, 3.8) is 0 Å². The van der Waals surface area contributed by atoms with Gasteiger partial charge in [-0.3, -0.25) is 4.79 Å². The van der Waals surface area contributed by atoms with Crippen LogP contribution in [0.25, 0.3) is 6.08 Å². The molecule has 27 heavy (non-hydrogen) atoms. The molecule has 0 aliphatic heterocycles. The number of hydrogen-bond donors (Lipinski definition) is 1. The smallest absolute Gasteiger partial charge is 0.294 e. The van der Waals surface area contributed by atoms with E-state index in [4.69, 9.17) is 9.47 Å². The fraction of sp³-hybridized carbons (Fsp3) is 0.211. The lowest BCUT2D eigenvalue weighted by atomic mass is 10.2. The van der Waals surface area contributed by atoms with Gasteiger partial charge in [-0.2, -0.15) is 0 Å². The van der Waals surface area contributed by atoms with Crippen LogP contribution >= 0.6 is 0 Å². The Bertz CT molecular complexity index is 762. The van der Waals surface area contributed by atoms with Crippen molar-refractivity contribution in [1.82, 2.24) is 0 Å². The van der Waals surface area contributed by atoms with E-state index in [0.717, 1.165) is 11.3 Å². The van der Waals surface area contributed by atoms with Gasteiger partial charge in [0.05, 0.1) is 20.8 Å². The van der Waals surface area contributed by atoms with E-state index in [-0.39, 0.29) is 12.5 Å². The maximum atomic E-state index is 11.8. The van der Waals surface area contributed by atoms with Gasteiger partial charge in [0.25, 0.3) is 5.09 Å². The Labute approximate surface area is 157 Å². The van der Waals surface area contributed by atoms with Crippen molar-refractivity contribution >= 4 is 17.7 Å². The normalized spacial score (nSPS) is 9.74. The number of nitrogens with zero attached hydrogens (tertiary/aromatic N) is 1. The topological polar surface area (TPSA) is 99.9 Å². The Morgan fingerprint density at radius 2 is 1.78 bits per heavy atom. The van der Waals surface area contributed by atoms with Crippen LogP contribution in [0, 0.1) is 10.1 Å². The molecule has 144 valence electrons. The molecule has 0 radical (unpaired) electrons. The van der Waals surface area contributed by atoms with Crippen LogP contribution in [0.5, 0.6) is 11.5 Å². The minimum Gasteiger partial charge on any atom is -0.493 e. The molecule has 1 amide bonds. The monoisotopic (exact) mass is 374 g/mol. The fourth-order valence-electron chi connectivity index (χ4n) is 1.94. The van der Waals surface area contributed by atoms with Crippen molar-refractivity contribution in [3.05, 3.63) is 70.3 Å². The van der Waals surface area contributed by atoms with E-state index in [1.54, 1.807) is 33.3 Å². The minimum atomic E-state index is -0.819. The summed E-state index contributed by atoms with van der Waals surface area (Å²) in [5.41, 5.74) is 1.62. The van der Waals surface area contributed by atoms with Crippen LogP contribution in [0.2, 0.25) is 0 Å². The van der Waals surface area contributed by atoms with Crippen molar-refractivity contribution in [2.75, 3.05) is 26.1 Å². The molecule has 0 aliphatic carbocycles. The van der Waals surface area contributed by atoms with Gasteiger partial charge in [0, 0.05) is 11.8 Å². The second-order valence-electron chi connectivity index (χ2n) is 4.94. The number of nitrogens with one attached hydrogen (secondary N) is 1. The van der Waals surface area contributed by atoms with Gasteiger partial charge < -0.3 is 19.6 Å². The van der Waals surface area contributed by atoms with Gasteiger partial charge >= 0.3 is 0 Å². The highest BCUT2D eigenvalue weighted by Crippen LogP contribution is 2.27. The Kier molecular flexibility index (Phi) is 9.48. The lowest BCUT2D eigenvalue weighted by Gasteiger charge is -2.07. The van der Waals surface area contributed by atoms with E-state index in [1.165, 1.54) is 6.08 Å². The number of carbonyl (C=O) groups is 1. The Morgan fingerprint density at radius 3 is 2.30 bits per heavy atom. The van der Waals surface area contributed by atoms with E-state index in [9.17, 15) is 14.9 Å². The van der Waals surface area contributed by atoms with Crippen molar-refractivity contribution in [1.29, 1.82) is 0 Å². The molecule has 8 nitrogen and oxygen atoms in total.